The van der Waals surface area contributed by atoms with Gasteiger partial charge in [0.25, 0.3) is 0 Å². The van der Waals surface area contributed by atoms with Gasteiger partial charge in [0.1, 0.15) is 6.04 Å². The predicted molar refractivity (Wildman–Crippen MR) is 84.7 cm³/mol. The molecule has 0 saturated heterocycles. The Morgan fingerprint density at radius 1 is 1.36 bits per heavy atom. The largest absolute Gasteiger partial charge is 0.353 e. The summed E-state index contributed by atoms with van der Waals surface area (Å²) in [6.07, 6.45) is 0. The summed E-state index contributed by atoms with van der Waals surface area (Å²) in [6.45, 7) is 8.39. The number of H-pyrrole nitrogens is 1. The van der Waals surface area contributed by atoms with Crippen LogP contribution < -0.4 is 11.1 Å². The lowest BCUT2D eigenvalue weighted by molar-refractivity contribution is -0.122. The molecule has 0 radical (unpaired) electrons. The van der Waals surface area contributed by atoms with Gasteiger partial charge < -0.3 is 11.1 Å². The normalized spacial score (nSPS) is 12.5. The molecule has 2 aromatic rings. The van der Waals surface area contributed by atoms with Crippen LogP contribution in [0.15, 0.2) is 0 Å². The first-order chi connectivity index (χ1) is 10.3. The lowest BCUT2D eigenvalue weighted by atomic mass is 10.1. The molecule has 0 saturated carbocycles. The summed E-state index contributed by atoms with van der Waals surface area (Å²) in [7, 11) is 0. The van der Waals surface area contributed by atoms with E-state index in [2.05, 4.69) is 20.6 Å². The quantitative estimate of drug-likeness (QED) is 0.771. The average molecular weight is 325 g/mol. The van der Waals surface area contributed by atoms with Gasteiger partial charge in [-0.3, -0.25) is 14.6 Å². The van der Waals surface area contributed by atoms with Crippen LogP contribution in [0.3, 0.4) is 0 Å². The van der Waals surface area contributed by atoms with Crippen molar-refractivity contribution in [3.63, 3.8) is 0 Å². The monoisotopic (exact) mass is 324 g/mol. The van der Waals surface area contributed by atoms with Crippen LogP contribution in [0.25, 0.3) is 0 Å². The summed E-state index contributed by atoms with van der Waals surface area (Å²) in [4.78, 5) is 12.2. The minimum Gasteiger partial charge on any atom is -0.353 e. The van der Waals surface area contributed by atoms with Gasteiger partial charge in [-0.2, -0.15) is 10.2 Å². The predicted octanol–water partition coefficient (Wildman–Crippen LogP) is 1.31. The third kappa shape index (κ3) is 3.15. The SMILES string of the molecule is Cc1nn(CCNC(=O)[C@@H](N)c2c(C)n[nH]c2C)c(C)c1Cl. The van der Waals surface area contributed by atoms with Crippen LogP contribution in [0.1, 0.15) is 34.4 Å². The van der Waals surface area contributed by atoms with Crippen LogP contribution in [0, 0.1) is 27.7 Å². The molecule has 1 amide bonds. The molecule has 0 aliphatic rings. The number of hydrogen-bond donors (Lipinski definition) is 3. The second-order valence-corrected chi connectivity index (χ2v) is 5.70. The number of aryl methyl sites for hydroxylation is 3. The highest BCUT2D eigenvalue weighted by Crippen LogP contribution is 2.19. The molecule has 1 atom stereocenters. The second kappa shape index (κ2) is 6.50. The van der Waals surface area contributed by atoms with Crippen LogP contribution in [0.5, 0.6) is 0 Å². The van der Waals surface area contributed by atoms with E-state index in [0.29, 0.717) is 18.1 Å². The zero-order valence-electron chi connectivity index (χ0n) is 13.2. The van der Waals surface area contributed by atoms with Crippen LogP contribution >= 0.6 is 11.6 Å². The molecule has 0 aliphatic heterocycles. The lowest BCUT2D eigenvalue weighted by Gasteiger charge is -2.13. The van der Waals surface area contributed by atoms with Crippen molar-refractivity contribution in [3.8, 4) is 0 Å². The zero-order chi connectivity index (χ0) is 16.4. The zero-order valence-corrected chi connectivity index (χ0v) is 14.0. The van der Waals surface area contributed by atoms with Gasteiger partial charge in [-0.1, -0.05) is 11.6 Å². The highest BCUT2D eigenvalue weighted by molar-refractivity contribution is 6.31. The minimum atomic E-state index is -0.734. The third-order valence-corrected chi connectivity index (χ3v) is 4.24. The van der Waals surface area contributed by atoms with Gasteiger partial charge in [0, 0.05) is 17.8 Å². The van der Waals surface area contributed by atoms with Gasteiger partial charge in [-0.15, -0.1) is 0 Å². The van der Waals surface area contributed by atoms with Crippen molar-refractivity contribution in [2.45, 2.75) is 40.3 Å². The first-order valence-corrected chi connectivity index (χ1v) is 7.45. The van der Waals surface area contributed by atoms with Crippen LogP contribution in [0.2, 0.25) is 5.02 Å². The first-order valence-electron chi connectivity index (χ1n) is 7.07. The maximum absolute atomic E-state index is 12.2. The number of nitrogens with two attached hydrogens (primary N) is 1. The van der Waals surface area contributed by atoms with E-state index in [4.69, 9.17) is 17.3 Å². The van der Waals surface area contributed by atoms with Gasteiger partial charge in [0.15, 0.2) is 0 Å². The molecule has 0 aliphatic carbocycles. The maximum Gasteiger partial charge on any atom is 0.241 e. The molecule has 0 fully saturated rings. The van der Waals surface area contributed by atoms with E-state index in [-0.39, 0.29) is 5.91 Å². The lowest BCUT2D eigenvalue weighted by Crippen LogP contribution is -2.36. The number of aromatic amines is 1. The molecule has 22 heavy (non-hydrogen) atoms. The number of hydrogen-bond acceptors (Lipinski definition) is 4. The number of aromatic nitrogens is 4. The Labute approximate surface area is 134 Å². The molecular formula is C14H21ClN6O. The Bertz CT molecular complexity index is 670. The van der Waals surface area contributed by atoms with E-state index in [0.717, 1.165) is 28.3 Å². The topological polar surface area (TPSA) is 102 Å². The van der Waals surface area contributed by atoms with Gasteiger partial charge in [0.05, 0.1) is 28.6 Å². The van der Waals surface area contributed by atoms with Crippen LogP contribution in [-0.2, 0) is 11.3 Å². The number of amides is 1. The van der Waals surface area contributed by atoms with E-state index in [1.54, 1.807) is 4.68 Å². The van der Waals surface area contributed by atoms with Crippen molar-refractivity contribution in [1.82, 2.24) is 25.3 Å². The number of carbonyl (C=O) groups excluding carboxylic acids is 1. The smallest absolute Gasteiger partial charge is 0.241 e. The summed E-state index contributed by atoms with van der Waals surface area (Å²) in [5, 5.41) is 14.7. The van der Waals surface area contributed by atoms with Gasteiger partial charge in [-0.05, 0) is 27.7 Å². The molecule has 7 nitrogen and oxygen atoms in total. The third-order valence-electron chi connectivity index (χ3n) is 3.69. The summed E-state index contributed by atoms with van der Waals surface area (Å²) in [5.74, 6) is -0.236. The molecule has 0 bridgehead atoms. The fourth-order valence-corrected chi connectivity index (χ4v) is 2.57. The number of halogens is 1. The summed E-state index contributed by atoms with van der Waals surface area (Å²) >= 11 is 6.09. The molecule has 0 unspecified atom stereocenters. The van der Waals surface area contributed by atoms with Crippen LogP contribution in [-0.4, -0.2) is 32.4 Å². The van der Waals surface area contributed by atoms with E-state index in [1.807, 2.05) is 27.7 Å². The fraction of sp³-hybridized carbons (Fsp3) is 0.500. The Balaban J connectivity index is 1.94. The highest BCUT2D eigenvalue weighted by atomic mass is 35.5. The number of carbonyl (C=O) groups is 1. The molecule has 2 aromatic heterocycles. The van der Waals surface area contributed by atoms with Crippen molar-refractivity contribution >= 4 is 17.5 Å². The summed E-state index contributed by atoms with van der Waals surface area (Å²) < 4.78 is 1.78. The molecule has 2 heterocycles. The van der Waals surface area contributed by atoms with Crippen molar-refractivity contribution in [2.24, 2.45) is 5.73 Å². The Morgan fingerprint density at radius 3 is 2.55 bits per heavy atom. The Hall–Kier alpha value is -1.86. The number of nitrogens with one attached hydrogen (secondary N) is 2. The fourth-order valence-electron chi connectivity index (χ4n) is 2.44. The highest BCUT2D eigenvalue weighted by Gasteiger charge is 2.21. The summed E-state index contributed by atoms with van der Waals surface area (Å²) in [6, 6.07) is -0.734. The molecule has 120 valence electrons. The second-order valence-electron chi connectivity index (χ2n) is 5.32. The molecule has 0 aromatic carbocycles. The first kappa shape index (κ1) is 16.5. The Kier molecular flexibility index (Phi) is 4.87. The average Bonchev–Trinajstić information content (AvgIpc) is 2.93. The minimum absolute atomic E-state index is 0.236. The molecule has 4 N–H and O–H groups in total. The van der Waals surface area contributed by atoms with Crippen molar-refractivity contribution in [2.75, 3.05) is 6.54 Å². The summed E-state index contributed by atoms with van der Waals surface area (Å²) in [5.41, 5.74) is 9.97. The maximum atomic E-state index is 12.2. The molecule has 8 heteroatoms. The van der Waals surface area contributed by atoms with Gasteiger partial charge in [0.2, 0.25) is 5.91 Å². The van der Waals surface area contributed by atoms with Crippen molar-refractivity contribution in [3.05, 3.63) is 33.4 Å². The van der Waals surface area contributed by atoms with Crippen molar-refractivity contribution in [1.29, 1.82) is 0 Å². The molecular weight excluding hydrogens is 304 g/mol. The van der Waals surface area contributed by atoms with E-state index in [9.17, 15) is 4.79 Å². The number of nitrogens with zero attached hydrogens (tertiary/aromatic N) is 3. The van der Waals surface area contributed by atoms with Crippen molar-refractivity contribution < 1.29 is 4.79 Å². The van der Waals surface area contributed by atoms with E-state index >= 15 is 0 Å². The van der Waals surface area contributed by atoms with E-state index < -0.39 is 6.04 Å². The number of rotatable bonds is 5. The molecule has 2 rings (SSSR count). The van der Waals surface area contributed by atoms with Gasteiger partial charge >= 0.3 is 0 Å². The van der Waals surface area contributed by atoms with Gasteiger partial charge in [-0.25, -0.2) is 0 Å². The van der Waals surface area contributed by atoms with E-state index in [1.165, 1.54) is 0 Å². The van der Waals surface area contributed by atoms with Crippen LogP contribution in [0.4, 0.5) is 0 Å². The molecule has 0 spiro atoms. The Morgan fingerprint density at radius 2 is 2.05 bits per heavy atom. The standard InChI is InChI=1S/C14H21ClN6O/c1-7-11(8(2)19-18-7)13(16)14(22)17-5-6-21-10(4)12(15)9(3)20-21/h13H,5-6,16H2,1-4H3,(H,17,22)(H,18,19)/t13-/m0/s1.